The van der Waals surface area contributed by atoms with E-state index in [0.29, 0.717) is 32.1 Å². The van der Waals surface area contributed by atoms with E-state index in [1.165, 1.54) is 21.3 Å². The summed E-state index contributed by atoms with van der Waals surface area (Å²) in [4.78, 5) is 42.1. The summed E-state index contributed by atoms with van der Waals surface area (Å²) in [5.41, 5.74) is -1.88. The predicted molar refractivity (Wildman–Crippen MR) is 152 cm³/mol. The van der Waals surface area contributed by atoms with E-state index in [2.05, 4.69) is 45.9 Å². The van der Waals surface area contributed by atoms with Crippen molar-refractivity contribution in [2.45, 2.75) is 90.5 Å². The van der Waals surface area contributed by atoms with E-state index in [1.807, 2.05) is 6.92 Å². The Morgan fingerprint density at radius 3 is 2.00 bits per heavy atom. The molecule has 0 amide bonds. The Labute approximate surface area is 235 Å². The quantitative estimate of drug-likeness (QED) is 0.181. The van der Waals surface area contributed by atoms with Crippen molar-refractivity contribution in [3.8, 4) is 0 Å². The van der Waals surface area contributed by atoms with Crippen molar-refractivity contribution in [1.29, 1.82) is 0 Å². The molecule has 9 atom stereocenters. The Morgan fingerprint density at radius 1 is 0.897 bits per heavy atom. The molecule has 0 aromatic heterocycles. The summed E-state index contributed by atoms with van der Waals surface area (Å²) in [6.45, 7) is 19.1. The summed E-state index contributed by atoms with van der Waals surface area (Å²) >= 11 is 0. The molecule has 8 nitrogen and oxygen atoms in total. The molecule has 4 saturated carbocycles. The summed E-state index contributed by atoms with van der Waals surface area (Å²) < 4.78 is 30.0. The fourth-order valence-electron chi connectivity index (χ4n) is 9.30. The number of hydrogen-bond donors (Lipinski definition) is 0. The maximum atomic E-state index is 14.2. The summed E-state index contributed by atoms with van der Waals surface area (Å²) in [7, 11) is 0.0962. The van der Waals surface area contributed by atoms with Crippen molar-refractivity contribution in [2.75, 3.05) is 21.3 Å². The molecule has 220 valence electrons. The van der Waals surface area contributed by atoms with Crippen LogP contribution < -0.4 is 0 Å². The molecule has 0 saturated heterocycles. The SMILES string of the molecule is C=C1C[C@]23C[C@H]1[C@@H](O[Si](C)(C)C)CC2[C@]1(C(=O)OC)CC[C@H](O[Si](C)(C)C)C(C)(C(=O)OC)C1C3C(=O)OC. The number of carbonyl (C=O) groups excluding carboxylic acids is 3. The lowest BCUT2D eigenvalue weighted by Crippen LogP contribution is -2.62. The largest absolute Gasteiger partial charge is 0.469 e. The number of ether oxygens (including phenoxy) is 3. The second kappa shape index (κ2) is 9.81. The molecule has 4 rings (SSSR count). The third-order valence-corrected chi connectivity index (χ3v) is 12.2. The van der Waals surface area contributed by atoms with Crippen molar-refractivity contribution in [2.24, 2.45) is 39.9 Å². The Balaban J connectivity index is 2.01. The molecule has 0 aliphatic heterocycles. The molecule has 1 spiro atoms. The first-order valence-corrected chi connectivity index (χ1v) is 21.0. The Kier molecular flexibility index (Phi) is 7.66. The van der Waals surface area contributed by atoms with Gasteiger partial charge in [-0.3, -0.25) is 14.4 Å². The Bertz CT molecular complexity index is 1050. The van der Waals surface area contributed by atoms with Crippen LogP contribution in [0.3, 0.4) is 0 Å². The van der Waals surface area contributed by atoms with Crippen LogP contribution in [0.15, 0.2) is 12.2 Å². The molecule has 4 unspecified atom stereocenters. The standard InChI is InChI=1S/C29H48O8Si2/c1-17-15-28-16-18(17)19(36-38(6,7)8)14-20(28)29(26(32)35-5)13-12-21(37-39(9,10)11)27(2,25(31)34-4)23(29)22(28)24(30)33-3/h18-23H,1,12-16H2,2-11H3/t18-,19+,20?,21+,22?,23?,27?,28+,29-/m1/s1. The molecule has 0 N–H and O–H groups in total. The van der Waals surface area contributed by atoms with Gasteiger partial charge in [-0.1, -0.05) is 12.2 Å². The lowest BCUT2D eigenvalue weighted by molar-refractivity contribution is -0.194. The van der Waals surface area contributed by atoms with E-state index in [0.717, 1.165) is 5.57 Å². The average molecular weight is 581 g/mol. The maximum absolute atomic E-state index is 14.2. The Morgan fingerprint density at radius 2 is 1.49 bits per heavy atom. The molecule has 0 radical (unpaired) electrons. The van der Waals surface area contributed by atoms with Gasteiger partial charge in [0, 0.05) is 11.8 Å². The summed E-state index contributed by atoms with van der Waals surface area (Å²) in [6.07, 6.45) is 2.25. The molecule has 4 aliphatic carbocycles. The van der Waals surface area contributed by atoms with Gasteiger partial charge in [0.2, 0.25) is 0 Å². The summed E-state index contributed by atoms with van der Waals surface area (Å²) in [5, 5.41) is 0. The zero-order chi connectivity index (χ0) is 29.3. The van der Waals surface area contributed by atoms with Crippen molar-refractivity contribution >= 4 is 34.5 Å². The zero-order valence-corrected chi connectivity index (χ0v) is 27.5. The third-order valence-electron chi connectivity index (χ3n) is 10.2. The van der Waals surface area contributed by atoms with Gasteiger partial charge in [0.05, 0.1) is 50.3 Å². The van der Waals surface area contributed by atoms with Crippen LogP contribution in [0, 0.1) is 39.9 Å². The molecule has 4 aliphatic rings. The first-order valence-electron chi connectivity index (χ1n) is 14.2. The monoisotopic (exact) mass is 580 g/mol. The van der Waals surface area contributed by atoms with Gasteiger partial charge in [0.25, 0.3) is 0 Å². The van der Waals surface area contributed by atoms with Crippen molar-refractivity contribution < 1.29 is 37.4 Å². The fourth-order valence-corrected chi connectivity index (χ4v) is 11.7. The third kappa shape index (κ3) is 4.48. The van der Waals surface area contributed by atoms with E-state index < -0.39 is 62.8 Å². The topological polar surface area (TPSA) is 97.4 Å². The number of methoxy groups -OCH3 is 3. The number of hydrogen-bond acceptors (Lipinski definition) is 8. The van der Waals surface area contributed by atoms with Crippen molar-refractivity contribution in [3.63, 3.8) is 0 Å². The smallest absolute Gasteiger partial charge is 0.314 e. The molecule has 2 bridgehead atoms. The van der Waals surface area contributed by atoms with Crippen LogP contribution in [0.25, 0.3) is 0 Å². The highest BCUT2D eigenvalue weighted by atomic mass is 28.4. The minimum Gasteiger partial charge on any atom is -0.469 e. The zero-order valence-electron chi connectivity index (χ0n) is 25.5. The van der Waals surface area contributed by atoms with Gasteiger partial charge in [0.15, 0.2) is 16.6 Å². The van der Waals surface area contributed by atoms with Gasteiger partial charge < -0.3 is 23.1 Å². The molecule has 39 heavy (non-hydrogen) atoms. The minimum atomic E-state index is -2.13. The van der Waals surface area contributed by atoms with Gasteiger partial charge in [-0.05, 0) is 89.6 Å². The second-order valence-corrected chi connectivity index (χ2v) is 23.4. The van der Waals surface area contributed by atoms with E-state index >= 15 is 0 Å². The summed E-state index contributed by atoms with van der Waals surface area (Å²) in [6, 6.07) is 0. The number of esters is 3. The highest BCUT2D eigenvalue weighted by Gasteiger charge is 2.81. The van der Waals surface area contributed by atoms with Crippen LogP contribution in [-0.4, -0.2) is 68.1 Å². The van der Waals surface area contributed by atoms with Gasteiger partial charge in [-0.2, -0.15) is 0 Å². The van der Waals surface area contributed by atoms with Crippen LogP contribution in [0.1, 0.15) is 39.0 Å². The van der Waals surface area contributed by atoms with Crippen LogP contribution in [0.4, 0.5) is 0 Å². The molecule has 4 fully saturated rings. The first kappa shape index (κ1) is 30.5. The van der Waals surface area contributed by atoms with Gasteiger partial charge in [-0.15, -0.1) is 0 Å². The van der Waals surface area contributed by atoms with Crippen LogP contribution in [0.5, 0.6) is 0 Å². The van der Waals surface area contributed by atoms with E-state index in [1.54, 1.807) is 0 Å². The first-order chi connectivity index (χ1) is 17.9. The summed E-state index contributed by atoms with van der Waals surface area (Å²) in [5.74, 6) is -2.79. The van der Waals surface area contributed by atoms with Crippen LogP contribution in [-0.2, 0) is 37.4 Å². The lowest BCUT2D eigenvalue weighted by Gasteiger charge is -2.54. The fraction of sp³-hybridized carbons (Fsp3) is 0.828. The van der Waals surface area contributed by atoms with Gasteiger partial charge >= 0.3 is 17.9 Å². The molecule has 10 heteroatoms. The highest BCUT2D eigenvalue weighted by molar-refractivity contribution is 6.70. The number of rotatable bonds is 7. The number of carbonyl (C=O) groups is 3. The van der Waals surface area contributed by atoms with E-state index in [4.69, 9.17) is 23.1 Å². The van der Waals surface area contributed by atoms with Crippen LogP contribution >= 0.6 is 0 Å². The average Bonchev–Trinajstić information content (AvgIpc) is 3.27. The van der Waals surface area contributed by atoms with E-state index in [9.17, 15) is 14.4 Å². The molecule has 0 aromatic rings. The van der Waals surface area contributed by atoms with Crippen LogP contribution in [0.2, 0.25) is 39.3 Å². The molecular formula is C29H48O8Si2. The minimum absolute atomic E-state index is 0.0911. The van der Waals surface area contributed by atoms with Gasteiger partial charge in [0.1, 0.15) is 0 Å². The molecule has 0 heterocycles. The number of fused-ring (bicyclic) bond motifs is 3. The molecule has 0 aromatic carbocycles. The lowest BCUT2D eigenvalue weighted by atomic mass is 9.51. The van der Waals surface area contributed by atoms with E-state index in [-0.39, 0.29) is 23.9 Å². The van der Waals surface area contributed by atoms with Crippen molar-refractivity contribution in [1.82, 2.24) is 0 Å². The second-order valence-electron chi connectivity index (χ2n) is 14.5. The Hall–Kier alpha value is -1.50. The van der Waals surface area contributed by atoms with Gasteiger partial charge in [-0.25, -0.2) is 0 Å². The van der Waals surface area contributed by atoms with Crippen molar-refractivity contribution in [3.05, 3.63) is 12.2 Å². The predicted octanol–water partition coefficient (Wildman–Crippen LogP) is 4.95. The highest BCUT2D eigenvalue weighted by Crippen LogP contribution is 2.78. The maximum Gasteiger partial charge on any atom is 0.314 e. The molecular weight excluding hydrogens is 532 g/mol. The normalized spacial score (nSPS) is 41.4.